The van der Waals surface area contributed by atoms with Crippen molar-refractivity contribution in [2.75, 3.05) is 18.6 Å². The third kappa shape index (κ3) is 4.77. The molecule has 0 radical (unpaired) electrons. The van der Waals surface area contributed by atoms with Crippen molar-refractivity contribution in [3.8, 4) is 17.2 Å². The second-order valence-electron chi connectivity index (χ2n) is 10.3. The van der Waals surface area contributed by atoms with Crippen LogP contribution in [-0.2, 0) is 6.61 Å². The van der Waals surface area contributed by atoms with E-state index in [0.29, 0.717) is 58.2 Å². The summed E-state index contributed by atoms with van der Waals surface area (Å²) >= 11 is 0. The van der Waals surface area contributed by atoms with E-state index in [0.717, 1.165) is 16.7 Å². The molecule has 1 aromatic heterocycles. The molecule has 2 heterocycles. The van der Waals surface area contributed by atoms with E-state index in [1.165, 1.54) is 0 Å². The number of hydrogen-bond donors (Lipinski definition) is 0. The summed E-state index contributed by atoms with van der Waals surface area (Å²) in [4.78, 5) is 29.7. The van der Waals surface area contributed by atoms with Gasteiger partial charge < -0.3 is 18.6 Å². The maximum Gasteiger partial charge on any atom is 0.295 e. The summed E-state index contributed by atoms with van der Waals surface area (Å²) in [6.07, 6.45) is 0. The van der Waals surface area contributed by atoms with E-state index in [2.05, 4.69) is 0 Å². The van der Waals surface area contributed by atoms with Crippen molar-refractivity contribution in [1.82, 2.24) is 0 Å². The predicted molar refractivity (Wildman–Crippen MR) is 162 cm³/mol. The monoisotopic (exact) mass is 561 g/mol. The molecular weight excluding hydrogens is 530 g/mol. The molecule has 6 rings (SSSR count). The third-order valence-electron chi connectivity index (χ3n) is 7.65. The number of benzene rings is 4. The SMILES string of the molecule is CCOc1ccc(N2C(=O)c3oc4cc(C)c(C)cc4c(=O)c3C2c2ccc(OCc3ccccc3)c(OC)c2)cc1. The van der Waals surface area contributed by atoms with E-state index >= 15 is 0 Å². The molecule has 1 unspecified atom stereocenters. The summed E-state index contributed by atoms with van der Waals surface area (Å²) < 4.78 is 23.6. The lowest BCUT2D eigenvalue weighted by Gasteiger charge is -2.26. The van der Waals surface area contributed by atoms with E-state index in [-0.39, 0.29) is 17.1 Å². The molecule has 0 saturated carbocycles. The molecule has 0 saturated heterocycles. The van der Waals surface area contributed by atoms with Gasteiger partial charge in [-0.05, 0) is 91.6 Å². The minimum atomic E-state index is -0.746. The normalized spacial score (nSPS) is 14.2. The number of nitrogens with zero attached hydrogens (tertiary/aromatic N) is 1. The first-order valence-electron chi connectivity index (χ1n) is 13.9. The summed E-state index contributed by atoms with van der Waals surface area (Å²) in [5.74, 6) is 1.39. The van der Waals surface area contributed by atoms with Gasteiger partial charge in [-0.1, -0.05) is 36.4 Å². The fraction of sp³-hybridized carbons (Fsp3) is 0.200. The highest BCUT2D eigenvalue weighted by Gasteiger charge is 2.44. The highest BCUT2D eigenvalue weighted by molar-refractivity contribution is 6.10. The van der Waals surface area contributed by atoms with Crippen molar-refractivity contribution in [1.29, 1.82) is 0 Å². The van der Waals surface area contributed by atoms with Crippen LogP contribution in [0.2, 0.25) is 0 Å². The standard InChI is InChI=1S/C35H31NO6/c1-5-40-26-14-12-25(13-15-26)36-32(24-11-16-28(30(19-24)39-4)41-20-23-9-7-6-8-10-23)31-33(37)27-17-21(2)22(3)18-29(27)42-34(31)35(36)38/h6-19,32H,5,20H2,1-4H3. The highest BCUT2D eigenvalue weighted by atomic mass is 16.5. The Kier molecular flexibility index (Phi) is 7.17. The van der Waals surface area contributed by atoms with Crippen LogP contribution in [0.5, 0.6) is 17.2 Å². The zero-order valence-electron chi connectivity index (χ0n) is 24.0. The van der Waals surface area contributed by atoms with Gasteiger partial charge in [0.25, 0.3) is 5.91 Å². The fourth-order valence-corrected chi connectivity index (χ4v) is 5.39. The van der Waals surface area contributed by atoms with Crippen LogP contribution in [0.25, 0.3) is 11.0 Å². The van der Waals surface area contributed by atoms with Gasteiger partial charge >= 0.3 is 0 Å². The fourth-order valence-electron chi connectivity index (χ4n) is 5.39. The average molecular weight is 562 g/mol. The highest BCUT2D eigenvalue weighted by Crippen LogP contribution is 2.43. The maximum absolute atomic E-state index is 14.1. The van der Waals surface area contributed by atoms with Crippen LogP contribution in [0.15, 0.2) is 94.1 Å². The van der Waals surface area contributed by atoms with Crippen LogP contribution in [0.1, 0.15) is 51.3 Å². The van der Waals surface area contributed by atoms with Gasteiger partial charge in [0.05, 0.1) is 30.7 Å². The van der Waals surface area contributed by atoms with E-state index in [1.54, 1.807) is 12.0 Å². The third-order valence-corrected chi connectivity index (χ3v) is 7.65. The van der Waals surface area contributed by atoms with Crippen molar-refractivity contribution in [3.63, 3.8) is 0 Å². The summed E-state index contributed by atoms with van der Waals surface area (Å²) in [6.45, 7) is 6.71. The molecule has 0 bridgehead atoms. The number of aryl methyl sites for hydroxylation is 2. The molecule has 7 nitrogen and oxygen atoms in total. The van der Waals surface area contributed by atoms with Gasteiger partial charge in [0.15, 0.2) is 16.9 Å². The molecule has 1 aliphatic heterocycles. The summed E-state index contributed by atoms with van der Waals surface area (Å²) in [6, 6.07) is 25.5. The Labute approximate surface area is 243 Å². The smallest absolute Gasteiger partial charge is 0.295 e. The Morgan fingerprint density at radius 1 is 0.833 bits per heavy atom. The number of ether oxygens (including phenoxy) is 3. The number of rotatable bonds is 8. The van der Waals surface area contributed by atoms with Crippen molar-refractivity contribution in [2.45, 2.75) is 33.4 Å². The molecule has 0 spiro atoms. The van der Waals surface area contributed by atoms with E-state index in [9.17, 15) is 9.59 Å². The lowest BCUT2D eigenvalue weighted by molar-refractivity contribution is 0.0971. The van der Waals surface area contributed by atoms with Gasteiger partial charge in [0, 0.05) is 5.69 Å². The molecule has 1 atom stereocenters. The van der Waals surface area contributed by atoms with E-state index in [4.69, 9.17) is 18.6 Å². The predicted octanol–water partition coefficient (Wildman–Crippen LogP) is 7.15. The topological polar surface area (TPSA) is 78.2 Å². The number of hydrogen-bond acceptors (Lipinski definition) is 6. The number of fused-ring (bicyclic) bond motifs is 2. The van der Waals surface area contributed by atoms with Crippen molar-refractivity contribution < 1.29 is 23.4 Å². The van der Waals surface area contributed by atoms with E-state index < -0.39 is 6.04 Å². The second kappa shape index (κ2) is 11.1. The van der Waals surface area contributed by atoms with Gasteiger partial charge in [-0.25, -0.2) is 0 Å². The minimum Gasteiger partial charge on any atom is -0.494 e. The van der Waals surface area contributed by atoms with Gasteiger partial charge in [0.1, 0.15) is 17.9 Å². The molecule has 42 heavy (non-hydrogen) atoms. The summed E-state index contributed by atoms with van der Waals surface area (Å²) in [7, 11) is 1.57. The molecule has 212 valence electrons. The van der Waals surface area contributed by atoms with Crippen LogP contribution >= 0.6 is 0 Å². The van der Waals surface area contributed by atoms with Gasteiger partial charge in [-0.2, -0.15) is 0 Å². The molecule has 0 aliphatic carbocycles. The lowest BCUT2D eigenvalue weighted by Crippen LogP contribution is -2.29. The Hall–Kier alpha value is -5.04. The van der Waals surface area contributed by atoms with Crippen molar-refractivity contribution in [2.24, 2.45) is 0 Å². The number of anilines is 1. The number of amides is 1. The quantitative estimate of drug-likeness (QED) is 0.200. The molecule has 1 amide bonds. The maximum atomic E-state index is 14.1. The Bertz CT molecular complexity index is 1840. The van der Waals surface area contributed by atoms with Crippen LogP contribution in [0.3, 0.4) is 0 Å². The minimum absolute atomic E-state index is 0.0398. The zero-order chi connectivity index (χ0) is 29.4. The van der Waals surface area contributed by atoms with Crippen molar-refractivity contribution >= 4 is 22.6 Å². The molecule has 0 N–H and O–H groups in total. The van der Waals surface area contributed by atoms with E-state index in [1.807, 2.05) is 106 Å². The molecule has 5 aromatic rings. The average Bonchev–Trinajstić information content (AvgIpc) is 3.30. The molecule has 1 aliphatic rings. The Morgan fingerprint density at radius 2 is 1.57 bits per heavy atom. The van der Waals surface area contributed by atoms with Crippen LogP contribution in [-0.4, -0.2) is 19.6 Å². The molecular formula is C35H31NO6. The Balaban J connectivity index is 1.49. The van der Waals surface area contributed by atoms with Crippen LogP contribution < -0.4 is 24.5 Å². The lowest BCUT2D eigenvalue weighted by atomic mass is 9.97. The first kappa shape index (κ1) is 27.1. The molecule has 7 heteroatoms. The van der Waals surface area contributed by atoms with Gasteiger partial charge in [-0.3, -0.25) is 14.5 Å². The molecule has 0 fully saturated rings. The zero-order valence-corrected chi connectivity index (χ0v) is 24.0. The first-order chi connectivity index (χ1) is 20.4. The van der Waals surface area contributed by atoms with Gasteiger partial charge in [0.2, 0.25) is 5.76 Å². The summed E-state index contributed by atoms with van der Waals surface area (Å²) in [5.41, 5.74) is 4.73. The first-order valence-corrected chi connectivity index (χ1v) is 13.9. The number of carbonyl (C=O) groups excluding carboxylic acids is 1. The molecule has 4 aromatic carbocycles. The number of methoxy groups -OCH3 is 1. The van der Waals surface area contributed by atoms with Crippen molar-refractivity contribution in [3.05, 3.63) is 129 Å². The second-order valence-corrected chi connectivity index (χ2v) is 10.3. The summed E-state index contributed by atoms with van der Waals surface area (Å²) in [5, 5.41) is 0.443. The largest absolute Gasteiger partial charge is 0.494 e. The van der Waals surface area contributed by atoms with Gasteiger partial charge in [-0.15, -0.1) is 0 Å². The Morgan fingerprint density at radius 3 is 2.29 bits per heavy atom. The number of carbonyl (C=O) groups is 1. The van der Waals surface area contributed by atoms with Crippen LogP contribution in [0.4, 0.5) is 5.69 Å². The van der Waals surface area contributed by atoms with Crippen LogP contribution in [0, 0.1) is 13.8 Å².